The summed E-state index contributed by atoms with van der Waals surface area (Å²) in [7, 11) is 3.21. The number of amides is 3. The summed E-state index contributed by atoms with van der Waals surface area (Å²) in [5.41, 5.74) is 2.06. The summed E-state index contributed by atoms with van der Waals surface area (Å²) in [6.45, 7) is 3.55. The van der Waals surface area contributed by atoms with Crippen LogP contribution >= 0.6 is 0 Å². The Morgan fingerprint density at radius 1 is 1.00 bits per heavy atom. The van der Waals surface area contributed by atoms with Gasteiger partial charge in [-0.3, -0.25) is 9.69 Å². The number of para-hydroxylation sites is 1. The van der Waals surface area contributed by atoms with Gasteiger partial charge in [0.15, 0.2) is 12.2 Å². The first kappa shape index (κ1) is 21.8. The molecule has 0 aromatic heterocycles. The van der Waals surface area contributed by atoms with Gasteiger partial charge in [-0.25, -0.2) is 9.79 Å². The van der Waals surface area contributed by atoms with Crippen molar-refractivity contribution >= 4 is 23.6 Å². The lowest BCUT2D eigenvalue weighted by Gasteiger charge is -2.38. The van der Waals surface area contributed by atoms with Gasteiger partial charge in [-0.15, -0.1) is 0 Å². The number of carbonyl (C=O) groups is 2. The maximum Gasteiger partial charge on any atom is 0.328 e. The van der Waals surface area contributed by atoms with Gasteiger partial charge in [-0.1, -0.05) is 18.2 Å². The maximum atomic E-state index is 12.8. The Morgan fingerprint density at radius 2 is 1.71 bits per heavy atom. The van der Waals surface area contributed by atoms with Gasteiger partial charge in [0.25, 0.3) is 5.91 Å². The van der Waals surface area contributed by atoms with Gasteiger partial charge in [0, 0.05) is 44.8 Å². The van der Waals surface area contributed by atoms with Crippen molar-refractivity contribution in [2.75, 3.05) is 32.5 Å². The van der Waals surface area contributed by atoms with Crippen LogP contribution in [-0.2, 0) is 4.79 Å². The number of rotatable bonds is 7. The number of allylic oxidation sites excluding steroid dienone is 1. The van der Waals surface area contributed by atoms with Gasteiger partial charge in [-0.2, -0.15) is 0 Å². The number of urea groups is 1. The molecule has 5 rings (SSSR count). The van der Waals surface area contributed by atoms with Gasteiger partial charge < -0.3 is 24.8 Å². The highest BCUT2D eigenvalue weighted by Gasteiger charge is 2.53. The topological polar surface area (TPSA) is 80.7 Å². The maximum absolute atomic E-state index is 12.8. The number of likely N-dealkylation sites (N-methyl/N-ethyl adjacent to an activating group) is 2. The van der Waals surface area contributed by atoms with Crippen LogP contribution < -0.4 is 10.1 Å². The minimum atomic E-state index is -0.502. The van der Waals surface area contributed by atoms with Crippen LogP contribution in [0.2, 0.25) is 0 Å². The summed E-state index contributed by atoms with van der Waals surface area (Å²) in [4.78, 5) is 36.5. The van der Waals surface area contributed by atoms with E-state index in [1.54, 1.807) is 7.05 Å². The third kappa shape index (κ3) is 3.83. The van der Waals surface area contributed by atoms with E-state index in [-0.39, 0.29) is 11.9 Å². The summed E-state index contributed by atoms with van der Waals surface area (Å²) in [5.74, 6) is 2.11. The minimum Gasteiger partial charge on any atom is -0.457 e. The average molecular weight is 461 g/mol. The van der Waals surface area contributed by atoms with Crippen molar-refractivity contribution in [1.29, 1.82) is 0 Å². The number of hydrogen-bond acceptors (Lipinski definition) is 7. The number of anilines is 1. The molecule has 34 heavy (non-hydrogen) atoms. The lowest BCUT2D eigenvalue weighted by Crippen LogP contribution is -2.63. The Morgan fingerprint density at radius 3 is 2.44 bits per heavy atom. The van der Waals surface area contributed by atoms with Gasteiger partial charge in [-0.05, 0) is 49.7 Å². The number of carbonyl (C=O) groups excluding carboxylic acids is 2. The molecular weight excluding hydrogens is 432 g/mol. The Labute approximate surface area is 198 Å². The molecule has 1 N–H and O–H groups in total. The Hall–Kier alpha value is -4.01. The first-order chi connectivity index (χ1) is 16.4. The zero-order chi connectivity index (χ0) is 23.8. The number of fused-ring (bicyclic) bond motifs is 3. The third-order valence-corrected chi connectivity index (χ3v) is 6.34. The van der Waals surface area contributed by atoms with E-state index in [2.05, 4.69) is 10.2 Å². The number of guanidine groups is 1. The molecule has 0 bridgehead atoms. The van der Waals surface area contributed by atoms with E-state index in [9.17, 15) is 9.59 Å². The van der Waals surface area contributed by atoms with Crippen molar-refractivity contribution in [2.24, 2.45) is 4.99 Å². The quantitative estimate of drug-likeness (QED) is 0.639. The van der Waals surface area contributed by atoms with Crippen LogP contribution in [-0.4, -0.2) is 76.9 Å². The number of benzene rings is 2. The van der Waals surface area contributed by atoms with Crippen molar-refractivity contribution in [3.8, 4) is 11.5 Å². The van der Waals surface area contributed by atoms with Crippen molar-refractivity contribution in [3.05, 3.63) is 66.5 Å². The fourth-order valence-corrected chi connectivity index (χ4v) is 4.50. The number of nitrogens with one attached hydrogen (secondary N) is 1. The van der Waals surface area contributed by atoms with E-state index in [4.69, 9.17) is 9.73 Å². The zero-order valence-electron chi connectivity index (χ0n) is 19.5. The number of imide groups is 1. The molecular formula is C25H28N6O3. The molecule has 3 heterocycles. The summed E-state index contributed by atoms with van der Waals surface area (Å²) >= 11 is 0. The molecule has 3 amide bonds. The van der Waals surface area contributed by atoms with E-state index >= 15 is 0 Å². The smallest absolute Gasteiger partial charge is 0.328 e. The fourth-order valence-electron chi connectivity index (χ4n) is 4.50. The van der Waals surface area contributed by atoms with Crippen LogP contribution in [0.3, 0.4) is 0 Å². The second kappa shape index (κ2) is 8.74. The first-order valence-electron chi connectivity index (χ1n) is 11.4. The van der Waals surface area contributed by atoms with Crippen LogP contribution in [0.5, 0.6) is 11.5 Å². The molecule has 1 saturated heterocycles. The summed E-state index contributed by atoms with van der Waals surface area (Å²) in [6, 6.07) is 16.8. The molecule has 3 aliphatic rings. The predicted molar refractivity (Wildman–Crippen MR) is 129 cm³/mol. The number of hydrogen-bond donors (Lipinski definition) is 1. The van der Waals surface area contributed by atoms with Crippen LogP contribution in [0.4, 0.5) is 10.5 Å². The molecule has 9 nitrogen and oxygen atoms in total. The second-order valence-corrected chi connectivity index (χ2v) is 8.63. The highest BCUT2D eigenvalue weighted by Crippen LogP contribution is 2.33. The SMILES string of the molecule is CC1=CN2C(=NC3C2C(=O)N(C)C(=O)N3C)N1CCCNc1ccc(Oc2ccccc2)cc1. The highest BCUT2D eigenvalue weighted by molar-refractivity contribution is 6.04. The van der Waals surface area contributed by atoms with Gasteiger partial charge in [0.05, 0.1) is 0 Å². The van der Waals surface area contributed by atoms with Crippen molar-refractivity contribution < 1.29 is 14.3 Å². The molecule has 0 aliphatic carbocycles. The van der Waals surface area contributed by atoms with Crippen LogP contribution in [0.15, 0.2) is 71.5 Å². The van der Waals surface area contributed by atoms with Gasteiger partial charge >= 0.3 is 6.03 Å². The zero-order valence-corrected chi connectivity index (χ0v) is 19.5. The summed E-state index contributed by atoms with van der Waals surface area (Å²) in [5, 5.41) is 3.44. The standard InChI is InChI=1S/C25H28N6O3/c1-17-16-31-21-22(28(2)25(33)29(3)23(21)32)27-24(31)30(17)15-7-14-26-18-10-12-20(13-11-18)34-19-8-5-4-6-9-19/h4-6,8-13,16,21-22,26H,7,14-15H2,1-3H3. The summed E-state index contributed by atoms with van der Waals surface area (Å²) in [6.07, 6.45) is 2.34. The number of ether oxygens (including phenoxy) is 1. The Kier molecular flexibility index (Phi) is 5.61. The monoisotopic (exact) mass is 460 g/mol. The second-order valence-electron chi connectivity index (χ2n) is 8.63. The van der Waals surface area contributed by atoms with E-state index in [0.717, 1.165) is 48.4 Å². The lowest BCUT2D eigenvalue weighted by atomic mass is 10.1. The van der Waals surface area contributed by atoms with E-state index in [0.29, 0.717) is 0 Å². The Bertz CT molecular complexity index is 1150. The molecule has 0 radical (unpaired) electrons. The van der Waals surface area contributed by atoms with E-state index < -0.39 is 12.2 Å². The number of aliphatic imine (C=N–C) groups is 1. The lowest BCUT2D eigenvalue weighted by molar-refractivity contribution is -0.135. The normalized spacial score (nSPS) is 21.4. The van der Waals surface area contributed by atoms with E-state index in [1.165, 1.54) is 16.8 Å². The summed E-state index contributed by atoms with van der Waals surface area (Å²) < 4.78 is 5.84. The largest absolute Gasteiger partial charge is 0.457 e. The van der Waals surface area contributed by atoms with Crippen molar-refractivity contribution in [1.82, 2.24) is 19.6 Å². The molecule has 9 heteroatoms. The highest BCUT2D eigenvalue weighted by atomic mass is 16.5. The van der Waals surface area contributed by atoms with Crippen molar-refractivity contribution in [2.45, 2.75) is 25.6 Å². The predicted octanol–water partition coefficient (Wildman–Crippen LogP) is 3.35. The third-order valence-electron chi connectivity index (χ3n) is 6.34. The molecule has 0 saturated carbocycles. The molecule has 0 spiro atoms. The molecule has 2 aromatic carbocycles. The molecule has 1 fully saturated rings. The van der Waals surface area contributed by atoms with Crippen molar-refractivity contribution in [3.63, 3.8) is 0 Å². The Balaban J connectivity index is 1.15. The molecule has 176 valence electrons. The molecule has 2 aromatic rings. The van der Waals surface area contributed by atoms with Crippen LogP contribution in [0, 0.1) is 0 Å². The molecule has 3 aliphatic heterocycles. The average Bonchev–Trinajstić information content (AvgIpc) is 3.36. The first-order valence-corrected chi connectivity index (χ1v) is 11.4. The van der Waals surface area contributed by atoms with Gasteiger partial charge in [0.2, 0.25) is 5.96 Å². The minimum absolute atomic E-state index is 0.223. The van der Waals surface area contributed by atoms with Crippen LogP contribution in [0.1, 0.15) is 13.3 Å². The molecule has 2 atom stereocenters. The van der Waals surface area contributed by atoms with E-state index in [1.807, 2.05) is 72.6 Å². The number of nitrogens with zero attached hydrogens (tertiary/aromatic N) is 5. The molecule has 2 unspecified atom stereocenters. The van der Waals surface area contributed by atoms with Crippen LogP contribution in [0.25, 0.3) is 0 Å². The van der Waals surface area contributed by atoms with Gasteiger partial charge in [0.1, 0.15) is 11.5 Å². The fraction of sp³-hybridized carbons (Fsp3) is 0.320.